The molecule has 8 nitrogen and oxygen atoms in total. The predicted octanol–water partition coefficient (Wildman–Crippen LogP) is 1.68. The molecule has 27 heavy (non-hydrogen) atoms. The van der Waals surface area contributed by atoms with E-state index in [1.165, 1.54) is 0 Å². The quantitative estimate of drug-likeness (QED) is 0.616. The number of likely N-dealkylation sites (tertiary alicyclic amines) is 1. The van der Waals surface area contributed by atoms with Gasteiger partial charge in [-0.1, -0.05) is 6.07 Å². The molecule has 1 aliphatic rings. The summed E-state index contributed by atoms with van der Waals surface area (Å²) in [5.74, 6) is 1.22. The number of carbonyl (C=O) groups excluding carboxylic acids is 1. The molecule has 0 aliphatic carbocycles. The van der Waals surface area contributed by atoms with Gasteiger partial charge in [-0.15, -0.1) is 0 Å². The predicted molar refractivity (Wildman–Crippen MR) is 105 cm³/mol. The van der Waals surface area contributed by atoms with Crippen molar-refractivity contribution in [3.63, 3.8) is 0 Å². The molecule has 1 saturated heterocycles. The van der Waals surface area contributed by atoms with Crippen LogP contribution in [0.3, 0.4) is 0 Å². The highest BCUT2D eigenvalue weighted by molar-refractivity contribution is 5.92. The summed E-state index contributed by atoms with van der Waals surface area (Å²) in [5, 5.41) is 7.38. The van der Waals surface area contributed by atoms with E-state index in [-0.39, 0.29) is 17.9 Å². The SMILES string of the molecule is COc1cccc(NC(N)=NC[C@@H]2CC(=O)N(C)[C@H]2c2cnn(C)c2C)c1. The van der Waals surface area contributed by atoms with Gasteiger partial charge in [0.2, 0.25) is 5.91 Å². The van der Waals surface area contributed by atoms with Gasteiger partial charge < -0.3 is 20.7 Å². The van der Waals surface area contributed by atoms with E-state index in [1.807, 2.05) is 56.2 Å². The van der Waals surface area contributed by atoms with Gasteiger partial charge in [-0.25, -0.2) is 0 Å². The summed E-state index contributed by atoms with van der Waals surface area (Å²) < 4.78 is 7.03. The smallest absolute Gasteiger partial charge is 0.223 e. The summed E-state index contributed by atoms with van der Waals surface area (Å²) in [6, 6.07) is 7.43. The van der Waals surface area contributed by atoms with Gasteiger partial charge >= 0.3 is 0 Å². The number of amides is 1. The van der Waals surface area contributed by atoms with Gasteiger partial charge in [0.05, 0.1) is 19.3 Å². The Labute approximate surface area is 159 Å². The first-order chi connectivity index (χ1) is 12.9. The first-order valence-electron chi connectivity index (χ1n) is 8.86. The number of aryl methyl sites for hydroxylation is 1. The van der Waals surface area contributed by atoms with Crippen molar-refractivity contribution in [3.8, 4) is 5.75 Å². The van der Waals surface area contributed by atoms with E-state index in [2.05, 4.69) is 15.4 Å². The highest BCUT2D eigenvalue weighted by Gasteiger charge is 2.39. The number of hydrogen-bond acceptors (Lipinski definition) is 4. The molecule has 2 aromatic rings. The number of benzene rings is 1. The highest BCUT2D eigenvalue weighted by Crippen LogP contribution is 2.38. The average molecular weight is 370 g/mol. The molecule has 2 atom stereocenters. The minimum absolute atomic E-state index is 0.0421. The van der Waals surface area contributed by atoms with Crippen LogP contribution >= 0.6 is 0 Å². The Bertz CT molecular complexity index is 860. The molecular weight excluding hydrogens is 344 g/mol. The Morgan fingerprint density at radius 1 is 1.44 bits per heavy atom. The summed E-state index contributed by atoms with van der Waals surface area (Å²) in [6.07, 6.45) is 2.29. The first-order valence-corrected chi connectivity index (χ1v) is 8.86. The molecule has 0 radical (unpaired) electrons. The number of rotatable bonds is 5. The molecule has 1 aromatic carbocycles. The number of nitrogens with two attached hydrogens (primary N) is 1. The van der Waals surface area contributed by atoms with Crippen LogP contribution in [-0.4, -0.2) is 47.2 Å². The minimum Gasteiger partial charge on any atom is -0.497 e. The molecule has 0 saturated carbocycles. The van der Waals surface area contributed by atoms with E-state index in [1.54, 1.807) is 12.0 Å². The summed E-state index contributed by atoms with van der Waals surface area (Å²) in [5.41, 5.74) is 8.96. The largest absolute Gasteiger partial charge is 0.497 e. The molecule has 3 rings (SSSR count). The number of anilines is 1. The van der Waals surface area contributed by atoms with Crippen molar-refractivity contribution in [2.45, 2.75) is 19.4 Å². The number of guanidine groups is 1. The third kappa shape index (κ3) is 3.89. The van der Waals surface area contributed by atoms with Crippen LogP contribution in [0.1, 0.15) is 23.7 Å². The number of nitrogens with zero attached hydrogens (tertiary/aromatic N) is 4. The second kappa shape index (κ2) is 7.69. The number of ether oxygens (including phenoxy) is 1. The van der Waals surface area contributed by atoms with Gasteiger partial charge in [0.1, 0.15) is 5.75 Å². The Morgan fingerprint density at radius 3 is 2.89 bits per heavy atom. The number of methoxy groups -OCH3 is 1. The molecule has 3 N–H and O–H groups in total. The van der Waals surface area contributed by atoms with Crippen LogP contribution in [0, 0.1) is 12.8 Å². The lowest BCUT2D eigenvalue weighted by molar-refractivity contribution is -0.127. The fourth-order valence-corrected chi connectivity index (χ4v) is 3.49. The zero-order chi connectivity index (χ0) is 19.6. The lowest BCUT2D eigenvalue weighted by Gasteiger charge is -2.24. The van der Waals surface area contributed by atoms with Crippen molar-refractivity contribution >= 4 is 17.6 Å². The summed E-state index contributed by atoms with van der Waals surface area (Å²) >= 11 is 0. The van der Waals surface area contributed by atoms with Crippen LogP contribution in [-0.2, 0) is 11.8 Å². The molecule has 1 aromatic heterocycles. The molecule has 0 unspecified atom stereocenters. The van der Waals surface area contributed by atoms with Crippen LogP contribution in [0.5, 0.6) is 5.75 Å². The van der Waals surface area contributed by atoms with Gasteiger partial charge in [-0.05, 0) is 19.1 Å². The van der Waals surface area contributed by atoms with E-state index >= 15 is 0 Å². The van der Waals surface area contributed by atoms with Gasteiger partial charge in [0, 0.05) is 56.0 Å². The van der Waals surface area contributed by atoms with Crippen molar-refractivity contribution in [3.05, 3.63) is 41.7 Å². The van der Waals surface area contributed by atoms with Gasteiger partial charge in [-0.3, -0.25) is 14.5 Å². The van der Waals surface area contributed by atoms with E-state index in [9.17, 15) is 4.79 Å². The van der Waals surface area contributed by atoms with Crippen molar-refractivity contribution in [2.75, 3.05) is 26.0 Å². The van der Waals surface area contributed by atoms with Crippen molar-refractivity contribution in [2.24, 2.45) is 23.7 Å². The lowest BCUT2D eigenvalue weighted by Crippen LogP contribution is -2.27. The van der Waals surface area contributed by atoms with E-state index in [0.717, 1.165) is 22.7 Å². The molecule has 2 heterocycles. The average Bonchev–Trinajstić information content (AvgIpc) is 3.12. The van der Waals surface area contributed by atoms with Gasteiger partial charge in [0.25, 0.3) is 0 Å². The van der Waals surface area contributed by atoms with Crippen LogP contribution in [0.15, 0.2) is 35.5 Å². The number of aromatic nitrogens is 2. The second-order valence-corrected chi connectivity index (χ2v) is 6.81. The number of nitrogens with one attached hydrogen (secondary N) is 1. The van der Waals surface area contributed by atoms with E-state index < -0.39 is 0 Å². The van der Waals surface area contributed by atoms with Crippen LogP contribution in [0.4, 0.5) is 5.69 Å². The summed E-state index contributed by atoms with van der Waals surface area (Å²) in [4.78, 5) is 18.5. The van der Waals surface area contributed by atoms with Crippen LogP contribution in [0.2, 0.25) is 0 Å². The highest BCUT2D eigenvalue weighted by atomic mass is 16.5. The number of aliphatic imine (C=N–C) groups is 1. The number of carbonyl (C=O) groups is 1. The molecule has 144 valence electrons. The van der Waals surface area contributed by atoms with E-state index in [0.29, 0.717) is 18.9 Å². The molecule has 0 spiro atoms. The maximum Gasteiger partial charge on any atom is 0.223 e. The van der Waals surface area contributed by atoms with Crippen molar-refractivity contribution in [1.82, 2.24) is 14.7 Å². The standard InChI is InChI=1S/C19H26N6O2/c1-12-16(11-22-25(12)3)18-13(8-17(26)24(18)2)10-21-19(20)23-14-6-5-7-15(9-14)27-4/h5-7,9,11,13,18H,8,10H2,1-4H3,(H3,20,21,23)/t13-,18+/m0/s1. The van der Waals surface area contributed by atoms with E-state index in [4.69, 9.17) is 10.5 Å². The third-order valence-electron chi connectivity index (χ3n) is 5.12. The van der Waals surface area contributed by atoms with Crippen LogP contribution < -0.4 is 15.8 Å². The molecule has 8 heteroatoms. The normalized spacial score (nSPS) is 20.2. The fraction of sp³-hybridized carbons (Fsp3) is 0.421. The first kappa shape index (κ1) is 18.8. The molecular formula is C19H26N6O2. The van der Waals surface area contributed by atoms with Crippen molar-refractivity contribution in [1.29, 1.82) is 0 Å². The van der Waals surface area contributed by atoms with Gasteiger partial charge in [-0.2, -0.15) is 5.10 Å². The molecule has 1 fully saturated rings. The fourth-order valence-electron chi connectivity index (χ4n) is 3.49. The Kier molecular flexibility index (Phi) is 5.34. The zero-order valence-electron chi connectivity index (χ0n) is 16.1. The monoisotopic (exact) mass is 370 g/mol. The second-order valence-electron chi connectivity index (χ2n) is 6.81. The van der Waals surface area contributed by atoms with Crippen LogP contribution in [0.25, 0.3) is 0 Å². The maximum absolute atomic E-state index is 12.3. The zero-order valence-corrected chi connectivity index (χ0v) is 16.1. The molecule has 0 bridgehead atoms. The molecule has 1 aliphatic heterocycles. The summed E-state index contributed by atoms with van der Waals surface area (Å²) in [6.45, 7) is 2.47. The lowest BCUT2D eigenvalue weighted by atomic mass is 9.94. The summed E-state index contributed by atoms with van der Waals surface area (Å²) in [7, 11) is 5.35. The third-order valence-corrected chi connectivity index (χ3v) is 5.12. The Hall–Kier alpha value is -3.03. The van der Waals surface area contributed by atoms with Gasteiger partial charge in [0.15, 0.2) is 5.96 Å². The molecule has 1 amide bonds. The maximum atomic E-state index is 12.3. The Balaban J connectivity index is 1.73. The van der Waals surface area contributed by atoms with Crippen molar-refractivity contribution < 1.29 is 9.53 Å². The topological polar surface area (TPSA) is 97.8 Å². The number of hydrogen-bond donors (Lipinski definition) is 2. The Morgan fingerprint density at radius 2 is 2.22 bits per heavy atom. The minimum atomic E-state index is -0.0421.